The summed E-state index contributed by atoms with van der Waals surface area (Å²) in [5, 5.41) is 3.57. The Morgan fingerprint density at radius 1 is 1.21 bits per heavy atom. The molecule has 3 aliphatic rings. The lowest BCUT2D eigenvalue weighted by molar-refractivity contribution is 0.400. The van der Waals surface area contributed by atoms with Gasteiger partial charge in [0.1, 0.15) is 5.82 Å². The fourth-order valence-corrected chi connectivity index (χ4v) is 5.02. The van der Waals surface area contributed by atoms with Crippen molar-refractivity contribution in [1.29, 1.82) is 0 Å². The van der Waals surface area contributed by atoms with Crippen LogP contribution in [0.1, 0.15) is 35.4 Å². The Morgan fingerprint density at radius 2 is 2.12 bits per heavy atom. The number of halogens is 1. The molecule has 1 saturated heterocycles. The zero-order valence-electron chi connectivity index (χ0n) is 14.1. The van der Waals surface area contributed by atoms with Crippen LogP contribution in [0.3, 0.4) is 0 Å². The van der Waals surface area contributed by atoms with Crippen LogP contribution in [-0.4, -0.2) is 25.7 Å². The van der Waals surface area contributed by atoms with E-state index in [4.69, 9.17) is 0 Å². The van der Waals surface area contributed by atoms with Crippen LogP contribution in [0.5, 0.6) is 0 Å². The molecule has 1 N–H and O–H groups in total. The standard InChI is InChI=1S/C21H23FN2/c1-13-4-5-16(22)11-17(13)15-9-14-3-2-8-24-20-6-7-23-12-19(20)18(10-15)21(14)24/h4-5,9-11,19-20,23H,2-3,6-8,12H2,1H3/t19-,20-/m0/s1. The van der Waals surface area contributed by atoms with Crippen LogP contribution >= 0.6 is 0 Å². The summed E-state index contributed by atoms with van der Waals surface area (Å²) in [7, 11) is 0. The highest BCUT2D eigenvalue weighted by molar-refractivity contribution is 5.77. The summed E-state index contributed by atoms with van der Waals surface area (Å²) in [6.45, 7) is 5.46. The summed E-state index contributed by atoms with van der Waals surface area (Å²) in [4.78, 5) is 2.67. The monoisotopic (exact) mass is 322 g/mol. The van der Waals surface area contributed by atoms with Crippen molar-refractivity contribution >= 4 is 5.69 Å². The number of hydrogen-bond acceptors (Lipinski definition) is 2. The molecule has 2 nitrogen and oxygen atoms in total. The topological polar surface area (TPSA) is 15.3 Å². The second kappa shape index (κ2) is 5.32. The Morgan fingerprint density at radius 3 is 3.04 bits per heavy atom. The van der Waals surface area contributed by atoms with E-state index in [1.54, 1.807) is 12.1 Å². The van der Waals surface area contributed by atoms with Crippen molar-refractivity contribution < 1.29 is 4.39 Å². The van der Waals surface area contributed by atoms with Gasteiger partial charge in [0.2, 0.25) is 0 Å². The van der Waals surface area contributed by atoms with Crippen LogP contribution < -0.4 is 10.2 Å². The smallest absolute Gasteiger partial charge is 0.123 e. The first-order chi connectivity index (χ1) is 11.7. The first-order valence-electron chi connectivity index (χ1n) is 9.13. The van der Waals surface area contributed by atoms with Gasteiger partial charge in [0.05, 0.1) is 0 Å². The van der Waals surface area contributed by atoms with E-state index in [0.717, 1.165) is 30.6 Å². The van der Waals surface area contributed by atoms with E-state index in [1.807, 2.05) is 6.07 Å². The van der Waals surface area contributed by atoms with Gasteiger partial charge in [0.25, 0.3) is 0 Å². The lowest BCUT2D eigenvalue weighted by atomic mass is 9.87. The van der Waals surface area contributed by atoms with Crippen molar-refractivity contribution in [3.8, 4) is 11.1 Å². The fourth-order valence-electron chi connectivity index (χ4n) is 5.02. The van der Waals surface area contributed by atoms with Gasteiger partial charge in [-0.25, -0.2) is 4.39 Å². The fraction of sp³-hybridized carbons (Fsp3) is 0.429. The summed E-state index contributed by atoms with van der Waals surface area (Å²) in [6.07, 6.45) is 3.61. The Labute approximate surface area is 142 Å². The second-order valence-corrected chi connectivity index (χ2v) is 7.50. The minimum Gasteiger partial charge on any atom is -0.367 e. The lowest BCUT2D eigenvalue weighted by Gasteiger charge is -2.36. The van der Waals surface area contributed by atoms with Crippen LogP contribution in [0, 0.1) is 12.7 Å². The molecule has 0 aromatic heterocycles. The number of anilines is 1. The second-order valence-electron chi connectivity index (χ2n) is 7.50. The van der Waals surface area contributed by atoms with Gasteiger partial charge < -0.3 is 10.2 Å². The molecule has 2 aromatic rings. The molecule has 124 valence electrons. The van der Waals surface area contributed by atoms with Gasteiger partial charge in [-0.3, -0.25) is 0 Å². The predicted molar refractivity (Wildman–Crippen MR) is 96.3 cm³/mol. The molecule has 3 heteroatoms. The largest absolute Gasteiger partial charge is 0.367 e. The number of aryl methyl sites for hydroxylation is 2. The molecule has 0 amide bonds. The molecule has 24 heavy (non-hydrogen) atoms. The summed E-state index contributed by atoms with van der Waals surface area (Å²) >= 11 is 0. The summed E-state index contributed by atoms with van der Waals surface area (Å²) in [5.74, 6) is 0.433. The van der Waals surface area contributed by atoms with Crippen molar-refractivity contribution in [2.24, 2.45) is 0 Å². The van der Waals surface area contributed by atoms with Crippen molar-refractivity contribution in [1.82, 2.24) is 5.32 Å². The maximum absolute atomic E-state index is 13.8. The molecule has 3 aliphatic heterocycles. The Bertz CT molecular complexity index is 814. The lowest BCUT2D eigenvalue weighted by Crippen LogP contribution is -2.45. The summed E-state index contributed by atoms with van der Waals surface area (Å²) in [6, 6.07) is 10.5. The summed E-state index contributed by atoms with van der Waals surface area (Å²) in [5.41, 5.74) is 7.83. The molecule has 0 spiro atoms. The average molecular weight is 322 g/mol. The summed E-state index contributed by atoms with van der Waals surface area (Å²) < 4.78 is 13.8. The molecule has 2 atom stereocenters. The van der Waals surface area contributed by atoms with Crippen LogP contribution in [-0.2, 0) is 6.42 Å². The van der Waals surface area contributed by atoms with Crippen molar-refractivity contribution in [2.45, 2.75) is 38.1 Å². The van der Waals surface area contributed by atoms with Crippen molar-refractivity contribution in [3.63, 3.8) is 0 Å². The molecule has 0 saturated carbocycles. The van der Waals surface area contributed by atoms with E-state index in [-0.39, 0.29) is 5.82 Å². The van der Waals surface area contributed by atoms with Crippen LogP contribution in [0.15, 0.2) is 30.3 Å². The highest BCUT2D eigenvalue weighted by Gasteiger charge is 2.42. The molecule has 5 rings (SSSR count). The minimum absolute atomic E-state index is 0.149. The van der Waals surface area contributed by atoms with E-state index < -0.39 is 0 Å². The van der Waals surface area contributed by atoms with Gasteiger partial charge in [-0.15, -0.1) is 0 Å². The molecule has 0 bridgehead atoms. The Balaban J connectivity index is 1.70. The normalized spacial score (nSPS) is 24.7. The number of nitrogens with zero attached hydrogens (tertiary/aromatic N) is 1. The highest BCUT2D eigenvalue weighted by Crippen LogP contribution is 2.49. The van der Waals surface area contributed by atoms with Gasteiger partial charge in [-0.1, -0.05) is 6.07 Å². The molecular weight excluding hydrogens is 299 g/mol. The Hall–Kier alpha value is -1.87. The van der Waals surface area contributed by atoms with E-state index >= 15 is 0 Å². The van der Waals surface area contributed by atoms with Gasteiger partial charge in [-0.2, -0.15) is 0 Å². The molecule has 3 heterocycles. The third kappa shape index (κ3) is 2.04. The molecular formula is C21H23FN2. The number of rotatable bonds is 1. The van der Waals surface area contributed by atoms with Gasteiger partial charge in [-0.05, 0) is 84.8 Å². The van der Waals surface area contributed by atoms with E-state index in [1.165, 1.54) is 41.8 Å². The number of fused-ring (bicyclic) bond motifs is 3. The maximum atomic E-state index is 13.8. The van der Waals surface area contributed by atoms with Crippen LogP contribution in [0.4, 0.5) is 10.1 Å². The first-order valence-corrected chi connectivity index (χ1v) is 9.13. The maximum Gasteiger partial charge on any atom is 0.123 e. The quantitative estimate of drug-likeness (QED) is 0.853. The minimum atomic E-state index is -0.149. The third-order valence-corrected chi connectivity index (χ3v) is 6.11. The SMILES string of the molecule is Cc1ccc(F)cc1-c1cc2c3c(c1)[C@@H]1CNCC[C@@H]1N3CCC2. The highest BCUT2D eigenvalue weighted by atomic mass is 19.1. The Kier molecular flexibility index (Phi) is 3.21. The molecule has 0 radical (unpaired) electrons. The zero-order valence-corrected chi connectivity index (χ0v) is 14.1. The molecule has 0 unspecified atom stereocenters. The molecule has 2 aromatic carbocycles. The van der Waals surface area contributed by atoms with Crippen molar-refractivity contribution in [3.05, 3.63) is 52.8 Å². The van der Waals surface area contributed by atoms with Crippen LogP contribution in [0.2, 0.25) is 0 Å². The van der Waals surface area contributed by atoms with Gasteiger partial charge in [0.15, 0.2) is 0 Å². The van der Waals surface area contributed by atoms with E-state index in [2.05, 4.69) is 29.3 Å². The van der Waals surface area contributed by atoms with Crippen molar-refractivity contribution in [2.75, 3.05) is 24.5 Å². The zero-order chi connectivity index (χ0) is 16.3. The predicted octanol–water partition coefficient (Wildman–Crippen LogP) is 4.01. The number of piperidine rings is 1. The van der Waals surface area contributed by atoms with E-state index in [9.17, 15) is 4.39 Å². The van der Waals surface area contributed by atoms with Gasteiger partial charge >= 0.3 is 0 Å². The molecule has 1 fully saturated rings. The van der Waals surface area contributed by atoms with Gasteiger partial charge in [0, 0.05) is 30.7 Å². The molecule has 0 aliphatic carbocycles. The first kappa shape index (κ1) is 14.5. The average Bonchev–Trinajstić information content (AvgIpc) is 2.93. The number of hydrogen-bond donors (Lipinski definition) is 1. The number of nitrogens with one attached hydrogen (secondary N) is 1. The van der Waals surface area contributed by atoms with Crippen LogP contribution in [0.25, 0.3) is 11.1 Å². The third-order valence-electron chi connectivity index (χ3n) is 6.11. The number of benzene rings is 2. The van der Waals surface area contributed by atoms with E-state index in [0.29, 0.717) is 12.0 Å².